The Morgan fingerprint density at radius 3 is 2.16 bits per heavy atom. The molecular weight excluding hydrogens is 410 g/mol. The summed E-state index contributed by atoms with van der Waals surface area (Å²) in [6, 6.07) is 18.9. The molecule has 4 rings (SSSR count). The van der Waals surface area contributed by atoms with E-state index in [1.807, 2.05) is 12.1 Å². The van der Waals surface area contributed by atoms with Crippen LogP contribution < -0.4 is 11.4 Å². The summed E-state index contributed by atoms with van der Waals surface area (Å²) in [6.45, 7) is 0.521. The average molecular weight is 433 g/mol. The van der Waals surface area contributed by atoms with Gasteiger partial charge in [-0.1, -0.05) is 36.4 Å². The number of hydrogen-bond acceptors (Lipinski definition) is 7. The molecule has 2 aromatic carbocycles. The van der Waals surface area contributed by atoms with Crippen LogP contribution in [0.15, 0.2) is 77.7 Å². The highest BCUT2D eigenvalue weighted by molar-refractivity contribution is 5.89. The number of nitrogens with zero attached hydrogens (tertiary/aromatic N) is 2. The molecule has 1 aromatic heterocycles. The summed E-state index contributed by atoms with van der Waals surface area (Å²) in [6.07, 6.45) is 2.20. The maximum absolute atomic E-state index is 12.4. The fraction of sp³-hybridized carbons (Fsp3) is 0.250. The number of carbonyl (C=O) groups excluding carboxylic acids is 2. The summed E-state index contributed by atoms with van der Waals surface area (Å²) in [4.78, 5) is 40.7. The minimum Gasteiger partial charge on any atom is -0.462 e. The SMILES string of the molecule is Nc1ccn(CC2(COC(=O)c3ccccc3)CC2COC(=O)c2ccccc2)c(=O)n1. The smallest absolute Gasteiger partial charge is 0.349 e. The predicted molar refractivity (Wildman–Crippen MR) is 117 cm³/mol. The lowest BCUT2D eigenvalue weighted by Gasteiger charge is -2.19. The first-order valence-corrected chi connectivity index (χ1v) is 10.2. The van der Waals surface area contributed by atoms with Gasteiger partial charge in [0.2, 0.25) is 0 Å². The van der Waals surface area contributed by atoms with Gasteiger partial charge in [-0.2, -0.15) is 4.98 Å². The largest absolute Gasteiger partial charge is 0.462 e. The van der Waals surface area contributed by atoms with E-state index in [4.69, 9.17) is 15.2 Å². The van der Waals surface area contributed by atoms with Crippen LogP contribution in [0.3, 0.4) is 0 Å². The van der Waals surface area contributed by atoms with E-state index in [0.717, 1.165) is 0 Å². The Balaban J connectivity index is 1.45. The molecule has 1 aliphatic rings. The Morgan fingerprint density at radius 2 is 1.56 bits per heavy atom. The monoisotopic (exact) mass is 433 g/mol. The minimum absolute atomic E-state index is 0.0665. The molecule has 0 radical (unpaired) electrons. The molecule has 0 amide bonds. The van der Waals surface area contributed by atoms with E-state index in [2.05, 4.69) is 4.98 Å². The molecule has 8 heteroatoms. The Bertz CT molecular complexity index is 1160. The average Bonchev–Trinajstić information content (AvgIpc) is 3.51. The van der Waals surface area contributed by atoms with Crippen LogP contribution in [-0.2, 0) is 16.0 Å². The highest BCUT2D eigenvalue weighted by atomic mass is 16.5. The lowest BCUT2D eigenvalue weighted by atomic mass is 10.1. The summed E-state index contributed by atoms with van der Waals surface area (Å²) in [5.74, 6) is -0.790. The van der Waals surface area contributed by atoms with Gasteiger partial charge in [0, 0.05) is 24.1 Å². The molecule has 2 unspecified atom stereocenters. The van der Waals surface area contributed by atoms with Gasteiger partial charge in [0.25, 0.3) is 0 Å². The van der Waals surface area contributed by atoms with Gasteiger partial charge in [0.1, 0.15) is 5.82 Å². The molecule has 8 nitrogen and oxygen atoms in total. The Morgan fingerprint density at radius 1 is 0.969 bits per heavy atom. The van der Waals surface area contributed by atoms with Crippen molar-refractivity contribution >= 4 is 17.8 Å². The molecule has 0 bridgehead atoms. The number of benzene rings is 2. The molecule has 1 aliphatic carbocycles. The van der Waals surface area contributed by atoms with Gasteiger partial charge in [-0.25, -0.2) is 14.4 Å². The van der Waals surface area contributed by atoms with E-state index in [9.17, 15) is 14.4 Å². The predicted octanol–water partition coefficient (Wildman–Crippen LogP) is 2.55. The van der Waals surface area contributed by atoms with Gasteiger partial charge in [-0.15, -0.1) is 0 Å². The van der Waals surface area contributed by atoms with Crippen LogP contribution in [0.4, 0.5) is 5.82 Å². The fourth-order valence-corrected chi connectivity index (χ4v) is 3.69. The third-order valence-corrected chi connectivity index (χ3v) is 5.67. The van der Waals surface area contributed by atoms with Gasteiger partial charge in [-0.3, -0.25) is 4.57 Å². The maximum Gasteiger partial charge on any atom is 0.349 e. The number of nitrogen functional groups attached to an aromatic ring is 1. The molecule has 3 aromatic rings. The van der Waals surface area contributed by atoms with Gasteiger partial charge < -0.3 is 15.2 Å². The number of nitrogens with two attached hydrogens (primary N) is 1. The van der Waals surface area contributed by atoms with E-state index in [1.54, 1.807) is 54.7 Å². The fourth-order valence-electron chi connectivity index (χ4n) is 3.69. The zero-order valence-corrected chi connectivity index (χ0v) is 17.3. The lowest BCUT2D eigenvalue weighted by molar-refractivity contribution is 0.0314. The van der Waals surface area contributed by atoms with Crippen molar-refractivity contribution in [1.29, 1.82) is 0 Å². The first kappa shape index (κ1) is 21.3. The van der Waals surface area contributed by atoms with E-state index >= 15 is 0 Å². The number of anilines is 1. The Labute approximate surface area is 184 Å². The number of ether oxygens (including phenoxy) is 2. The standard InChI is InChI=1S/C24H23N3O5/c25-20-11-12-27(23(30)26-20)15-24(16-32-22(29)18-9-5-2-6-10-18)13-19(24)14-31-21(28)17-7-3-1-4-8-17/h1-12,19H,13-16H2,(H2,25,26,30). The minimum atomic E-state index is -0.539. The van der Waals surface area contributed by atoms with E-state index in [0.29, 0.717) is 17.5 Å². The first-order chi connectivity index (χ1) is 15.5. The zero-order chi connectivity index (χ0) is 22.6. The lowest BCUT2D eigenvalue weighted by Crippen LogP contribution is -2.31. The number of rotatable bonds is 8. The summed E-state index contributed by atoms with van der Waals surface area (Å²) < 4.78 is 12.5. The molecule has 1 fully saturated rings. The van der Waals surface area contributed by atoms with Crippen LogP contribution in [-0.4, -0.2) is 34.7 Å². The molecule has 32 heavy (non-hydrogen) atoms. The van der Waals surface area contributed by atoms with E-state index in [1.165, 1.54) is 10.6 Å². The third kappa shape index (κ3) is 4.85. The molecule has 1 heterocycles. The van der Waals surface area contributed by atoms with Gasteiger partial charge >= 0.3 is 17.6 Å². The van der Waals surface area contributed by atoms with Crippen LogP contribution in [0.1, 0.15) is 27.1 Å². The van der Waals surface area contributed by atoms with E-state index < -0.39 is 23.0 Å². The topological polar surface area (TPSA) is 114 Å². The molecule has 2 atom stereocenters. The van der Waals surface area contributed by atoms with Gasteiger partial charge in [0.05, 0.1) is 24.3 Å². The second-order valence-corrected chi connectivity index (χ2v) is 7.93. The third-order valence-electron chi connectivity index (χ3n) is 5.67. The normalized spacial score (nSPS) is 19.2. The molecule has 0 saturated heterocycles. The first-order valence-electron chi connectivity index (χ1n) is 10.2. The zero-order valence-electron chi connectivity index (χ0n) is 17.3. The quantitative estimate of drug-likeness (QED) is 0.543. The van der Waals surface area contributed by atoms with Crippen molar-refractivity contribution in [1.82, 2.24) is 9.55 Å². The van der Waals surface area contributed by atoms with Crippen molar-refractivity contribution < 1.29 is 19.1 Å². The number of hydrogen-bond donors (Lipinski definition) is 1. The molecular formula is C24H23N3O5. The number of carbonyl (C=O) groups is 2. The van der Waals surface area contributed by atoms with Crippen LogP contribution in [0, 0.1) is 11.3 Å². The van der Waals surface area contributed by atoms with Crippen molar-refractivity contribution in [3.63, 3.8) is 0 Å². The van der Waals surface area contributed by atoms with Crippen molar-refractivity contribution in [3.05, 3.63) is 94.5 Å². The second-order valence-electron chi connectivity index (χ2n) is 7.93. The van der Waals surface area contributed by atoms with Crippen LogP contribution in [0.25, 0.3) is 0 Å². The molecule has 164 valence electrons. The Kier molecular flexibility index (Phi) is 6.02. The van der Waals surface area contributed by atoms with Gasteiger partial charge in [0.15, 0.2) is 0 Å². The highest BCUT2D eigenvalue weighted by Gasteiger charge is 2.56. The van der Waals surface area contributed by atoms with Crippen molar-refractivity contribution in [2.75, 3.05) is 18.9 Å². The Hall–Kier alpha value is -3.94. The summed E-state index contributed by atoms with van der Waals surface area (Å²) in [5, 5.41) is 0. The highest BCUT2D eigenvalue weighted by Crippen LogP contribution is 2.54. The second kappa shape index (κ2) is 9.05. The van der Waals surface area contributed by atoms with Crippen molar-refractivity contribution in [2.24, 2.45) is 11.3 Å². The van der Waals surface area contributed by atoms with E-state index in [-0.39, 0.29) is 31.5 Å². The molecule has 2 N–H and O–H groups in total. The summed E-state index contributed by atoms with van der Waals surface area (Å²) in [5.41, 5.74) is 5.47. The van der Waals surface area contributed by atoms with Gasteiger partial charge in [-0.05, 0) is 36.8 Å². The molecule has 0 aliphatic heterocycles. The summed E-state index contributed by atoms with van der Waals surface area (Å²) >= 11 is 0. The summed E-state index contributed by atoms with van der Waals surface area (Å²) in [7, 11) is 0. The van der Waals surface area contributed by atoms with Crippen LogP contribution >= 0.6 is 0 Å². The van der Waals surface area contributed by atoms with Crippen LogP contribution in [0.5, 0.6) is 0 Å². The maximum atomic E-state index is 12.4. The molecule has 0 spiro atoms. The number of esters is 2. The molecule has 1 saturated carbocycles. The van der Waals surface area contributed by atoms with Crippen molar-refractivity contribution in [2.45, 2.75) is 13.0 Å². The van der Waals surface area contributed by atoms with Crippen LogP contribution in [0.2, 0.25) is 0 Å². The number of aromatic nitrogens is 2. The van der Waals surface area contributed by atoms with Crippen molar-refractivity contribution in [3.8, 4) is 0 Å².